The minimum Gasteiger partial charge on any atom is -0.506 e. The Balaban J connectivity index is 0.000000160. The van der Waals surface area contributed by atoms with Crippen molar-refractivity contribution in [1.29, 1.82) is 0 Å². The molecule has 0 saturated carbocycles. The van der Waals surface area contributed by atoms with Gasteiger partial charge in [0.1, 0.15) is 17.4 Å². The molecule has 1 unspecified atom stereocenters. The maximum absolute atomic E-state index is 9.17. The molecule has 4 N–H and O–H groups in total. The highest BCUT2D eigenvalue weighted by Crippen LogP contribution is 2.19. The maximum Gasteiger partial charge on any atom is 0.224 e. The minimum atomic E-state index is -0.641. The van der Waals surface area contributed by atoms with Gasteiger partial charge in [0.25, 0.3) is 0 Å². The molecule has 0 aliphatic rings. The van der Waals surface area contributed by atoms with Crippen molar-refractivity contribution in [1.82, 2.24) is 4.98 Å². The molecule has 0 aliphatic heterocycles. The van der Waals surface area contributed by atoms with Crippen molar-refractivity contribution in [2.45, 2.75) is 13.0 Å². The molecule has 0 saturated heterocycles. The van der Waals surface area contributed by atoms with E-state index >= 15 is 0 Å². The van der Waals surface area contributed by atoms with E-state index < -0.39 is 6.10 Å². The molecular weight excluding hydrogens is 256 g/mol. The SMILES string of the molecule is CC(O)c1nc2ccccc2o1.Nc1ccccc1O. The van der Waals surface area contributed by atoms with Gasteiger partial charge in [-0.05, 0) is 31.2 Å². The third-order valence-corrected chi connectivity index (χ3v) is 2.60. The Morgan fingerprint density at radius 2 is 1.75 bits per heavy atom. The molecule has 0 radical (unpaired) electrons. The van der Waals surface area contributed by atoms with Gasteiger partial charge in [-0.15, -0.1) is 0 Å². The molecule has 5 heteroatoms. The fourth-order valence-corrected chi connectivity index (χ4v) is 1.56. The summed E-state index contributed by atoms with van der Waals surface area (Å²) >= 11 is 0. The van der Waals surface area contributed by atoms with Crippen LogP contribution in [0.25, 0.3) is 11.1 Å². The first-order valence-corrected chi connectivity index (χ1v) is 6.15. The number of aliphatic hydroxyl groups is 1. The van der Waals surface area contributed by atoms with Gasteiger partial charge in [0.15, 0.2) is 5.58 Å². The molecule has 2 aromatic carbocycles. The number of aromatic nitrogens is 1. The van der Waals surface area contributed by atoms with Crippen molar-refractivity contribution < 1.29 is 14.6 Å². The first kappa shape index (κ1) is 13.9. The van der Waals surface area contributed by atoms with Crippen LogP contribution in [-0.2, 0) is 0 Å². The third kappa shape index (κ3) is 3.27. The van der Waals surface area contributed by atoms with Gasteiger partial charge in [0, 0.05) is 0 Å². The Bertz CT molecular complexity index is 638. The van der Waals surface area contributed by atoms with Gasteiger partial charge < -0.3 is 20.4 Å². The van der Waals surface area contributed by atoms with E-state index in [-0.39, 0.29) is 5.75 Å². The van der Waals surface area contributed by atoms with Crippen molar-refractivity contribution in [2.75, 3.05) is 5.73 Å². The summed E-state index contributed by atoms with van der Waals surface area (Å²) in [6.07, 6.45) is -0.641. The van der Waals surface area contributed by atoms with Crippen molar-refractivity contribution >= 4 is 16.8 Å². The number of aromatic hydroxyl groups is 1. The van der Waals surface area contributed by atoms with Gasteiger partial charge in [0.05, 0.1) is 5.69 Å². The van der Waals surface area contributed by atoms with E-state index in [9.17, 15) is 0 Å². The summed E-state index contributed by atoms with van der Waals surface area (Å²) in [6.45, 7) is 1.63. The zero-order valence-corrected chi connectivity index (χ0v) is 11.0. The Morgan fingerprint density at radius 1 is 1.10 bits per heavy atom. The first-order valence-electron chi connectivity index (χ1n) is 6.15. The normalized spacial score (nSPS) is 11.7. The molecule has 1 atom stereocenters. The predicted octanol–water partition coefficient (Wildman–Crippen LogP) is 2.86. The molecule has 0 spiro atoms. The summed E-state index contributed by atoms with van der Waals surface area (Å²) in [7, 11) is 0. The Kier molecular flexibility index (Phi) is 4.22. The predicted molar refractivity (Wildman–Crippen MR) is 77.2 cm³/mol. The average Bonchev–Trinajstić information content (AvgIpc) is 2.87. The molecular formula is C15H16N2O3. The number of phenolic OH excluding ortho intramolecular Hbond substituents is 1. The largest absolute Gasteiger partial charge is 0.506 e. The van der Waals surface area contributed by atoms with Crippen LogP contribution in [0.2, 0.25) is 0 Å². The van der Waals surface area contributed by atoms with Crippen molar-refractivity contribution in [2.24, 2.45) is 0 Å². The number of oxazole rings is 1. The Labute approximate surface area is 116 Å². The highest BCUT2D eigenvalue weighted by atomic mass is 16.4. The van der Waals surface area contributed by atoms with Crippen LogP contribution in [0.15, 0.2) is 52.9 Å². The number of fused-ring (bicyclic) bond motifs is 1. The van der Waals surface area contributed by atoms with Crippen LogP contribution in [0.4, 0.5) is 5.69 Å². The number of para-hydroxylation sites is 4. The lowest BCUT2D eigenvalue weighted by atomic mass is 10.3. The first-order chi connectivity index (χ1) is 9.58. The number of hydrogen-bond acceptors (Lipinski definition) is 5. The molecule has 1 aromatic heterocycles. The number of benzene rings is 2. The Hall–Kier alpha value is -2.53. The lowest BCUT2D eigenvalue weighted by molar-refractivity contribution is 0.165. The number of hydrogen-bond donors (Lipinski definition) is 3. The zero-order chi connectivity index (χ0) is 14.5. The van der Waals surface area contributed by atoms with Crippen LogP contribution in [0, 0.1) is 0 Å². The second kappa shape index (κ2) is 6.08. The number of nitrogens with zero attached hydrogens (tertiary/aromatic N) is 1. The van der Waals surface area contributed by atoms with Crippen LogP contribution >= 0.6 is 0 Å². The van der Waals surface area contributed by atoms with E-state index in [1.54, 1.807) is 31.2 Å². The minimum absolute atomic E-state index is 0.146. The summed E-state index contributed by atoms with van der Waals surface area (Å²) in [4.78, 5) is 4.10. The molecule has 3 aromatic rings. The van der Waals surface area contributed by atoms with E-state index in [0.717, 1.165) is 5.52 Å². The number of aliphatic hydroxyl groups excluding tert-OH is 1. The number of nitrogen functional groups attached to an aromatic ring is 1. The van der Waals surface area contributed by atoms with Crippen LogP contribution < -0.4 is 5.73 Å². The van der Waals surface area contributed by atoms with Crippen LogP contribution in [0.3, 0.4) is 0 Å². The zero-order valence-electron chi connectivity index (χ0n) is 11.0. The fraction of sp³-hybridized carbons (Fsp3) is 0.133. The smallest absolute Gasteiger partial charge is 0.224 e. The second-order valence-electron chi connectivity index (χ2n) is 4.25. The molecule has 3 rings (SSSR count). The lowest BCUT2D eigenvalue weighted by Crippen LogP contribution is -1.88. The van der Waals surface area contributed by atoms with E-state index in [0.29, 0.717) is 17.2 Å². The fourth-order valence-electron chi connectivity index (χ4n) is 1.56. The molecule has 0 fully saturated rings. The molecule has 5 nitrogen and oxygen atoms in total. The topological polar surface area (TPSA) is 92.5 Å². The van der Waals surface area contributed by atoms with Gasteiger partial charge in [0.2, 0.25) is 5.89 Å². The number of rotatable bonds is 1. The molecule has 0 amide bonds. The third-order valence-electron chi connectivity index (χ3n) is 2.60. The summed E-state index contributed by atoms with van der Waals surface area (Å²) in [5, 5.41) is 18.0. The van der Waals surface area contributed by atoms with Gasteiger partial charge in [-0.1, -0.05) is 24.3 Å². The van der Waals surface area contributed by atoms with Crippen LogP contribution in [0.5, 0.6) is 5.75 Å². The van der Waals surface area contributed by atoms with Crippen molar-refractivity contribution in [3.63, 3.8) is 0 Å². The number of phenols is 1. The van der Waals surface area contributed by atoms with Gasteiger partial charge in [-0.2, -0.15) is 0 Å². The van der Waals surface area contributed by atoms with E-state index in [1.807, 2.05) is 24.3 Å². The van der Waals surface area contributed by atoms with E-state index in [4.69, 9.17) is 20.4 Å². The van der Waals surface area contributed by atoms with Crippen LogP contribution in [-0.4, -0.2) is 15.2 Å². The number of anilines is 1. The maximum atomic E-state index is 9.17. The van der Waals surface area contributed by atoms with Gasteiger partial charge >= 0.3 is 0 Å². The van der Waals surface area contributed by atoms with Crippen molar-refractivity contribution in [3.8, 4) is 5.75 Å². The van der Waals surface area contributed by atoms with E-state index in [2.05, 4.69) is 4.98 Å². The average molecular weight is 272 g/mol. The molecule has 0 bridgehead atoms. The summed E-state index contributed by atoms with van der Waals surface area (Å²) in [5.74, 6) is 0.517. The highest BCUT2D eigenvalue weighted by Gasteiger charge is 2.08. The standard InChI is InChI=1S/C9H9NO2.C6H7NO/c1-6(11)9-10-7-4-2-3-5-8(7)12-9;7-5-3-1-2-4-6(5)8/h2-6,11H,1H3;1-4,8H,7H2. The van der Waals surface area contributed by atoms with E-state index in [1.165, 1.54) is 0 Å². The molecule has 20 heavy (non-hydrogen) atoms. The molecule has 104 valence electrons. The molecule has 1 heterocycles. The van der Waals surface area contributed by atoms with Gasteiger partial charge in [-0.3, -0.25) is 0 Å². The highest BCUT2D eigenvalue weighted by molar-refractivity contribution is 5.72. The Morgan fingerprint density at radius 3 is 2.30 bits per heavy atom. The molecule has 0 aliphatic carbocycles. The quantitative estimate of drug-likeness (QED) is 0.468. The summed E-state index contributed by atoms with van der Waals surface area (Å²) < 4.78 is 5.27. The second-order valence-corrected chi connectivity index (χ2v) is 4.25. The number of nitrogens with two attached hydrogens (primary N) is 1. The summed E-state index contributed by atoms with van der Waals surface area (Å²) in [5.41, 5.74) is 7.20. The summed E-state index contributed by atoms with van der Waals surface area (Å²) in [6, 6.07) is 14.1. The van der Waals surface area contributed by atoms with Gasteiger partial charge in [-0.25, -0.2) is 4.98 Å². The monoisotopic (exact) mass is 272 g/mol. The van der Waals surface area contributed by atoms with Crippen LogP contribution in [0.1, 0.15) is 18.9 Å². The lowest BCUT2D eigenvalue weighted by Gasteiger charge is -1.93. The van der Waals surface area contributed by atoms with Crippen molar-refractivity contribution in [3.05, 3.63) is 54.4 Å².